The van der Waals surface area contributed by atoms with Crippen molar-refractivity contribution in [1.29, 1.82) is 0 Å². The number of nitrogens with zero attached hydrogens (tertiary/aromatic N) is 4. The highest BCUT2D eigenvalue weighted by Gasteiger charge is 2.33. The van der Waals surface area contributed by atoms with E-state index in [9.17, 15) is 18.0 Å². The van der Waals surface area contributed by atoms with Gasteiger partial charge in [0.1, 0.15) is 11.4 Å². The number of anilines is 1. The Balaban J connectivity index is 2.34. The van der Waals surface area contributed by atoms with E-state index in [-0.39, 0.29) is 11.5 Å². The van der Waals surface area contributed by atoms with Gasteiger partial charge in [-0.15, -0.1) is 0 Å². The van der Waals surface area contributed by atoms with Crippen LogP contribution in [-0.4, -0.2) is 20.7 Å². The average molecular weight is 295 g/mol. The first-order chi connectivity index (χ1) is 9.79. The van der Waals surface area contributed by atoms with E-state index in [2.05, 4.69) is 20.2 Å². The van der Waals surface area contributed by atoms with Gasteiger partial charge >= 0.3 is 6.18 Å². The van der Waals surface area contributed by atoms with E-state index in [0.717, 1.165) is 6.07 Å². The lowest BCUT2D eigenvalue weighted by molar-refractivity contribution is -0.141. The molecule has 0 spiro atoms. The summed E-state index contributed by atoms with van der Waals surface area (Å²) >= 11 is 0. The number of hydrogen-bond acceptors (Lipinski definition) is 3. The second kappa shape index (κ2) is 5.24. The Hall–Kier alpha value is -2.89. The third-order valence-corrected chi connectivity index (χ3v) is 2.42. The molecule has 0 saturated heterocycles. The predicted molar refractivity (Wildman–Crippen MR) is 66.7 cm³/mol. The minimum absolute atomic E-state index is 0.172. The van der Waals surface area contributed by atoms with E-state index in [1.165, 1.54) is 10.7 Å². The number of carbonyl (C=O) groups is 1. The van der Waals surface area contributed by atoms with Gasteiger partial charge in [-0.2, -0.15) is 18.3 Å². The Bertz CT molecular complexity index is 729. The van der Waals surface area contributed by atoms with Gasteiger partial charge in [-0.25, -0.2) is 9.83 Å². The minimum Gasteiger partial charge on any atom is -0.304 e. The molecule has 1 N–H and O–H groups in total. The highest BCUT2D eigenvalue weighted by Crippen LogP contribution is 2.30. The molecule has 0 fully saturated rings. The Morgan fingerprint density at radius 2 is 2.14 bits per heavy atom. The number of halogens is 3. The molecule has 0 aromatic carbocycles. The maximum absolute atomic E-state index is 12.7. The lowest BCUT2D eigenvalue weighted by Crippen LogP contribution is -2.17. The number of aromatic nitrogens is 3. The maximum Gasteiger partial charge on any atom is 0.432 e. The molecule has 1 amide bonds. The van der Waals surface area contributed by atoms with Crippen LogP contribution in [0, 0.1) is 6.57 Å². The summed E-state index contributed by atoms with van der Waals surface area (Å²) < 4.78 is 39.4. The molecule has 21 heavy (non-hydrogen) atoms. The summed E-state index contributed by atoms with van der Waals surface area (Å²) in [6, 6.07) is 3.05. The number of aryl methyl sites for hydroxylation is 1. The smallest absolute Gasteiger partial charge is 0.304 e. The Morgan fingerprint density at radius 1 is 1.43 bits per heavy atom. The van der Waals surface area contributed by atoms with Crippen molar-refractivity contribution in [1.82, 2.24) is 14.8 Å². The van der Waals surface area contributed by atoms with Crippen LogP contribution >= 0.6 is 0 Å². The first-order valence-corrected chi connectivity index (χ1v) is 5.57. The zero-order chi connectivity index (χ0) is 15.6. The van der Waals surface area contributed by atoms with Crippen molar-refractivity contribution < 1.29 is 18.0 Å². The SMILES string of the molecule is [C-]#[N+]c1cc(C(=O)Nc2ccn(C)n2)nc(C(F)(F)F)c1. The fraction of sp³-hybridized carbons (Fsp3) is 0.167. The van der Waals surface area contributed by atoms with Gasteiger partial charge in [-0.3, -0.25) is 9.48 Å². The van der Waals surface area contributed by atoms with Crippen molar-refractivity contribution in [2.75, 3.05) is 5.32 Å². The van der Waals surface area contributed by atoms with Gasteiger partial charge in [0.25, 0.3) is 5.91 Å². The second-order valence-electron chi connectivity index (χ2n) is 4.03. The number of alkyl halides is 3. The van der Waals surface area contributed by atoms with Crippen LogP contribution in [0.4, 0.5) is 24.7 Å². The van der Waals surface area contributed by atoms with E-state index in [1.54, 1.807) is 13.2 Å². The monoisotopic (exact) mass is 295 g/mol. The molecular formula is C12H8F3N5O. The van der Waals surface area contributed by atoms with Crippen LogP contribution in [0.2, 0.25) is 0 Å². The third kappa shape index (κ3) is 3.36. The first-order valence-electron chi connectivity index (χ1n) is 5.57. The highest BCUT2D eigenvalue weighted by atomic mass is 19.4. The largest absolute Gasteiger partial charge is 0.432 e. The molecule has 0 aliphatic rings. The van der Waals surface area contributed by atoms with Crippen LogP contribution in [0.3, 0.4) is 0 Å². The van der Waals surface area contributed by atoms with Crippen molar-refractivity contribution in [3.05, 3.63) is 47.2 Å². The number of carbonyl (C=O) groups excluding carboxylic acids is 1. The van der Waals surface area contributed by atoms with Gasteiger partial charge in [-0.1, -0.05) is 0 Å². The molecule has 0 aliphatic heterocycles. The summed E-state index contributed by atoms with van der Waals surface area (Å²) in [5.41, 5.74) is -2.10. The number of pyridine rings is 1. The Labute approximate surface area is 117 Å². The Kier molecular flexibility index (Phi) is 3.62. The molecule has 2 aromatic heterocycles. The first kappa shape index (κ1) is 14.5. The summed E-state index contributed by atoms with van der Waals surface area (Å²) in [5.74, 6) is -0.698. The fourth-order valence-corrected chi connectivity index (χ4v) is 1.50. The molecule has 0 atom stereocenters. The van der Waals surface area contributed by atoms with Crippen molar-refractivity contribution in [3.8, 4) is 0 Å². The minimum atomic E-state index is -4.74. The van der Waals surface area contributed by atoms with Gasteiger partial charge in [0, 0.05) is 19.3 Å². The van der Waals surface area contributed by atoms with E-state index < -0.39 is 23.5 Å². The van der Waals surface area contributed by atoms with Gasteiger partial charge in [0.15, 0.2) is 11.5 Å². The number of rotatable bonds is 2. The number of nitrogens with one attached hydrogen (secondary N) is 1. The molecule has 0 bridgehead atoms. The number of amides is 1. The lowest BCUT2D eigenvalue weighted by atomic mass is 10.2. The molecule has 2 rings (SSSR count). The van der Waals surface area contributed by atoms with Crippen LogP contribution in [0.5, 0.6) is 0 Å². The van der Waals surface area contributed by atoms with Crippen LogP contribution < -0.4 is 5.32 Å². The van der Waals surface area contributed by atoms with Crippen molar-refractivity contribution in [2.24, 2.45) is 7.05 Å². The average Bonchev–Trinajstić information content (AvgIpc) is 2.82. The van der Waals surface area contributed by atoms with Gasteiger partial charge < -0.3 is 5.32 Å². The fourth-order valence-electron chi connectivity index (χ4n) is 1.50. The van der Waals surface area contributed by atoms with E-state index in [4.69, 9.17) is 6.57 Å². The van der Waals surface area contributed by atoms with Crippen LogP contribution in [0.25, 0.3) is 4.85 Å². The molecule has 0 radical (unpaired) electrons. The topological polar surface area (TPSA) is 64.2 Å². The van der Waals surface area contributed by atoms with Crippen LogP contribution in [0.1, 0.15) is 16.2 Å². The molecule has 0 aliphatic carbocycles. The molecule has 6 nitrogen and oxygen atoms in total. The highest BCUT2D eigenvalue weighted by molar-refractivity contribution is 6.02. The summed E-state index contributed by atoms with van der Waals surface area (Å²) in [5, 5.41) is 6.17. The van der Waals surface area contributed by atoms with Crippen molar-refractivity contribution in [2.45, 2.75) is 6.18 Å². The quantitative estimate of drug-likeness (QED) is 0.866. The van der Waals surface area contributed by atoms with E-state index >= 15 is 0 Å². The molecule has 0 saturated carbocycles. The maximum atomic E-state index is 12.7. The van der Waals surface area contributed by atoms with Crippen LogP contribution in [-0.2, 0) is 13.2 Å². The normalized spacial score (nSPS) is 11.0. The molecule has 2 heterocycles. The third-order valence-electron chi connectivity index (χ3n) is 2.42. The van der Waals surface area contributed by atoms with Crippen LogP contribution in [0.15, 0.2) is 24.4 Å². The Morgan fingerprint density at radius 3 is 2.67 bits per heavy atom. The van der Waals surface area contributed by atoms with Gasteiger partial charge in [-0.05, 0) is 12.1 Å². The van der Waals surface area contributed by atoms with Crippen molar-refractivity contribution in [3.63, 3.8) is 0 Å². The molecule has 0 unspecified atom stereocenters. The molecular weight excluding hydrogens is 287 g/mol. The zero-order valence-corrected chi connectivity index (χ0v) is 10.6. The lowest BCUT2D eigenvalue weighted by Gasteiger charge is -2.08. The van der Waals surface area contributed by atoms with Gasteiger partial charge in [0.2, 0.25) is 0 Å². The summed E-state index contributed by atoms with van der Waals surface area (Å²) in [6.45, 7) is 6.79. The second-order valence-corrected chi connectivity index (χ2v) is 4.03. The number of hydrogen-bond donors (Lipinski definition) is 1. The van der Waals surface area contributed by atoms with Gasteiger partial charge in [0.05, 0.1) is 6.57 Å². The van der Waals surface area contributed by atoms with E-state index in [1.807, 2.05) is 0 Å². The molecule has 108 valence electrons. The zero-order valence-electron chi connectivity index (χ0n) is 10.6. The summed E-state index contributed by atoms with van der Waals surface area (Å²) in [6.07, 6.45) is -3.18. The molecule has 9 heteroatoms. The molecule has 2 aromatic rings. The summed E-state index contributed by atoms with van der Waals surface area (Å²) in [4.78, 5) is 18.0. The standard InChI is InChI=1S/C12H8F3N5O/c1-16-7-5-8(17-9(6-7)12(13,14)15)11(21)18-10-3-4-20(2)19-10/h3-6H,2H3,(H,18,19,21). The van der Waals surface area contributed by atoms with E-state index in [0.29, 0.717) is 6.07 Å². The predicted octanol–water partition coefficient (Wildman–Crippen LogP) is 2.64. The van der Waals surface area contributed by atoms with Crippen molar-refractivity contribution >= 4 is 17.4 Å². The summed E-state index contributed by atoms with van der Waals surface area (Å²) in [7, 11) is 1.62.